The smallest absolute Gasteiger partial charge is 0.245 e. The number of anilines is 1. The molecule has 0 radical (unpaired) electrons. The largest absolute Gasteiger partial charge is 0.491 e. The van der Waals surface area contributed by atoms with Crippen molar-refractivity contribution in [1.82, 2.24) is 4.98 Å². The SMILES string of the molecule is CCCCCN1C(=O)[C@]2(COc3ccc(-c4ccncc4)cc32)c2ccccc21. The van der Waals surface area contributed by atoms with Gasteiger partial charge in [-0.15, -0.1) is 0 Å². The third-order valence-corrected chi connectivity index (χ3v) is 6.15. The van der Waals surface area contributed by atoms with Crippen molar-refractivity contribution in [1.29, 1.82) is 0 Å². The van der Waals surface area contributed by atoms with Crippen molar-refractivity contribution in [3.63, 3.8) is 0 Å². The summed E-state index contributed by atoms with van der Waals surface area (Å²) in [5.41, 5.74) is 4.48. The van der Waals surface area contributed by atoms with E-state index < -0.39 is 5.41 Å². The second-order valence-electron chi connectivity index (χ2n) is 7.82. The van der Waals surface area contributed by atoms with Gasteiger partial charge in [-0.1, -0.05) is 44.0 Å². The van der Waals surface area contributed by atoms with Crippen LogP contribution < -0.4 is 9.64 Å². The van der Waals surface area contributed by atoms with Crippen LogP contribution in [0.1, 0.15) is 37.3 Å². The Hall–Kier alpha value is -3.14. The molecule has 0 saturated carbocycles. The molecule has 0 aliphatic carbocycles. The summed E-state index contributed by atoms with van der Waals surface area (Å²) in [6.07, 6.45) is 6.85. The van der Waals surface area contributed by atoms with E-state index in [0.29, 0.717) is 6.61 Å². The number of ether oxygens (including phenoxy) is 1. The molecule has 1 aromatic heterocycles. The van der Waals surface area contributed by atoms with Crippen molar-refractivity contribution in [2.45, 2.75) is 31.6 Å². The van der Waals surface area contributed by atoms with Gasteiger partial charge in [0, 0.05) is 30.2 Å². The second kappa shape index (κ2) is 7.03. The Morgan fingerprint density at radius 2 is 1.83 bits per heavy atom. The van der Waals surface area contributed by atoms with Crippen molar-refractivity contribution in [3.8, 4) is 16.9 Å². The first-order valence-electron chi connectivity index (χ1n) is 10.3. The zero-order valence-electron chi connectivity index (χ0n) is 16.6. The minimum Gasteiger partial charge on any atom is -0.491 e. The molecule has 146 valence electrons. The standard InChI is InChI=1S/C25H24N2O2/c1-2-3-6-15-27-22-8-5-4-7-20(22)25(24(27)28)17-29-23-10-9-19(16-21(23)25)18-11-13-26-14-12-18/h4-5,7-14,16H,2-3,6,15,17H2,1H3/t25-/m1/s1. The van der Waals surface area contributed by atoms with Gasteiger partial charge in [-0.2, -0.15) is 0 Å². The maximum absolute atomic E-state index is 13.8. The monoisotopic (exact) mass is 384 g/mol. The fourth-order valence-corrected chi connectivity index (χ4v) is 4.64. The Balaban J connectivity index is 1.63. The summed E-state index contributed by atoms with van der Waals surface area (Å²) in [5.74, 6) is 0.946. The topological polar surface area (TPSA) is 42.4 Å². The molecule has 0 fully saturated rings. The number of unbranched alkanes of at least 4 members (excludes halogenated alkanes) is 2. The van der Waals surface area contributed by atoms with Crippen LogP contribution in [0.4, 0.5) is 5.69 Å². The van der Waals surface area contributed by atoms with Gasteiger partial charge in [-0.25, -0.2) is 0 Å². The normalized spacial score (nSPS) is 19.3. The number of hydrogen-bond donors (Lipinski definition) is 0. The summed E-state index contributed by atoms with van der Waals surface area (Å²) >= 11 is 0. The van der Waals surface area contributed by atoms with Crippen molar-refractivity contribution >= 4 is 11.6 Å². The number of carbonyl (C=O) groups excluding carboxylic acids is 1. The van der Waals surface area contributed by atoms with Gasteiger partial charge in [0.05, 0.1) is 0 Å². The van der Waals surface area contributed by atoms with E-state index in [1.807, 2.05) is 35.2 Å². The van der Waals surface area contributed by atoms with E-state index in [1.54, 1.807) is 12.4 Å². The zero-order valence-corrected chi connectivity index (χ0v) is 16.6. The van der Waals surface area contributed by atoms with E-state index in [9.17, 15) is 4.79 Å². The molecule has 0 N–H and O–H groups in total. The summed E-state index contributed by atoms with van der Waals surface area (Å²) < 4.78 is 6.07. The van der Waals surface area contributed by atoms with Crippen LogP contribution in [0.5, 0.6) is 5.75 Å². The molecule has 1 atom stereocenters. The maximum atomic E-state index is 13.8. The summed E-state index contributed by atoms with van der Waals surface area (Å²) in [6, 6.07) is 18.4. The number of hydrogen-bond acceptors (Lipinski definition) is 3. The number of amides is 1. The minimum absolute atomic E-state index is 0.139. The van der Waals surface area contributed by atoms with E-state index in [1.165, 1.54) is 0 Å². The Bertz CT molecular complexity index is 1060. The van der Waals surface area contributed by atoms with Crippen LogP contribution in [-0.4, -0.2) is 24.0 Å². The van der Waals surface area contributed by atoms with Gasteiger partial charge in [-0.3, -0.25) is 9.78 Å². The minimum atomic E-state index is -0.749. The van der Waals surface area contributed by atoms with Crippen molar-refractivity contribution in [3.05, 3.63) is 78.1 Å². The first-order chi connectivity index (χ1) is 14.3. The molecular formula is C25H24N2O2. The van der Waals surface area contributed by atoms with Crippen molar-refractivity contribution < 1.29 is 9.53 Å². The number of rotatable bonds is 5. The van der Waals surface area contributed by atoms with Gasteiger partial charge in [0.1, 0.15) is 17.8 Å². The van der Waals surface area contributed by atoms with Gasteiger partial charge >= 0.3 is 0 Å². The highest BCUT2D eigenvalue weighted by Crippen LogP contribution is 2.52. The molecule has 1 amide bonds. The molecule has 5 rings (SSSR count). The molecule has 29 heavy (non-hydrogen) atoms. The van der Waals surface area contributed by atoms with E-state index in [0.717, 1.165) is 59.5 Å². The number of nitrogens with zero attached hydrogens (tertiary/aromatic N) is 2. The Labute approximate surface area is 171 Å². The fraction of sp³-hybridized carbons (Fsp3) is 0.280. The van der Waals surface area contributed by atoms with Crippen LogP contribution in [0.15, 0.2) is 67.0 Å². The van der Waals surface area contributed by atoms with Gasteiger partial charge in [0.25, 0.3) is 0 Å². The molecule has 4 nitrogen and oxygen atoms in total. The second-order valence-corrected chi connectivity index (χ2v) is 7.82. The number of fused-ring (bicyclic) bond motifs is 4. The molecule has 0 saturated heterocycles. The Morgan fingerprint density at radius 3 is 2.66 bits per heavy atom. The third kappa shape index (κ3) is 2.66. The summed E-state index contributed by atoms with van der Waals surface area (Å²) in [5, 5.41) is 0. The molecule has 2 aromatic carbocycles. The predicted molar refractivity (Wildman–Crippen MR) is 114 cm³/mol. The average Bonchev–Trinajstić information content (AvgIpc) is 3.27. The molecule has 3 heterocycles. The number of aromatic nitrogens is 1. The van der Waals surface area contributed by atoms with Crippen LogP contribution in [-0.2, 0) is 10.2 Å². The molecule has 0 bridgehead atoms. The Morgan fingerprint density at radius 1 is 1.00 bits per heavy atom. The van der Waals surface area contributed by atoms with E-state index in [-0.39, 0.29) is 5.91 Å². The van der Waals surface area contributed by atoms with Crippen LogP contribution >= 0.6 is 0 Å². The number of para-hydroxylation sites is 1. The van der Waals surface area contributed by atoms with Gasteiger partial charge in [0.2, 0.25) is 5.91 Å². The van der Waals surface area contributed by atoms with Gasteiger partial charge < -0.3 is 9.64 Å². The molecule has 4 heteroatoms. The third-order valence-electron chi connectivity index (χ3n) is 6.15. The maximum Gasteiger partial charge on any atom is 0.245 e. The molecule has 2 aliphatic heterocycles. The van der Waals surface area contributed by atoms with Gasteiger partial charge in [-0.05, 0) is 53.4 Å². The number of carbonyl (C=O) groups is 1. The van der Waals surface area contributed by atoms with Crippen LogP contribution in [0.25, 0.3) is 11.1 Å². The van der Waals surface area contributed by atoms with E-state index in [4.69, 9.17) is 4.74 Å². The summed E-state index contributed by atoms with van der Waals surface area (Å²) in [6.45, 7) is 3.30. The first kappa shape index (κ1) is 17.9. The highest BCUT2D eigenvalue weighted by Gasteiger charge is 2.56. The number of pyridine rings is 1. The summed E-state index contributed by atoms with van der Waals surface area (Å²) in [4.78, 5) is 19.9. The fourth-order valence-electron chi connectivity index (χ4n) is 4.64. The highest BCUT2D eigenvalue weighted by molar-refractivity contribution is 6.11. The Kier molecular flexibility index (Phi) is 4.35. The van der Waals surface area contributed by atoms with Gasteiger partial charge in [0.15, 0.2) is 0 Å². The highest BCUT2D eigenvalue weighted by atomic mass is 16.5. The molecule has 1 spiro atoms. The first-order valence-corrected chi connectivity index (χ1v) is 10.3. The molecular weight excluding hydrogens is 360 g/mol. The zero-order chi connectivity index (χ0) is 19.8. The lowest BCUT2D eigenvalue weighted by molar-refractivity contribution is -0.122. The molecule has 2 aliphatic rings. The van der Waals surface area contributed by atoms with Crippen LogP contribution in [0.2, 0.25) is 0 Å². The lowest BCUT2D eigenvalue weighted by Crippen LogP contribution is -2.42. The van der Waals surface area contributed by atoms with E-state index in [2.05, 4.69) is 36.2 Å². The predicted octanol–water partition coefficient (Wildman–Crippen LogP) is 4.96. The number of benzene rings is 2. The van der Waals surface area contributed by atoms with E-state index >= 15 is 0 Å². The van der Waals surface area contributed by atoms with Crippen molar-refractivity contribution in [2.24, 2.45) is 0 Å². The molecule has 0 unspecified atom stereocenters. The lowest BCUT2D eigenvalue weighted by Gasteiger charge is -2.23. The lowest BCUT2D eigenvalue weighted by atomic mass is 9.76. The molecule has 3 aromatic rings. The van der Waals surface area contributed by atoms with Crippen molar-refractivity contribution in [2.75, 3.05) is 18.1 Å². The van der Waals surface area contributed by atoms with Crippen LogP contribution in [0, 0.1) is 0 Å². The average molecular weight is 384 g/mol. The summed E-state index contributed by atoms with van der Waals surface area (Å²) in [7, 11) is 0. The van der Waals surface area contributed by atoms with Crippen LogP contribution in [0.3, 0.4) is 0 Å². The quantitative estimate of drug-likeness (QED) is 0.584.